The molecule has 7 heteroatoms. The van der Waals surface area contributed by atoms with E-state index < -0.39 is 0 Å². The number of hydrogen-bond acceptors (Lipinski definition) is 3. The summed E-state index contributed by atoms with van der Waals surface area (Å²) >= 11 is 12.4. The van der Waals surface area contributed by atoms with Gasteiger partial charge in [0.1, 0.15) is 11.3 Å². The summed E-state index contributed by atoms with van der Waals surface area (Å²) in [5.74, 6) is -0.246. The predicted octanol–water partition coefficient (Wildman–Crippen LogP) is 4.73. The molecule has 4 nitrogen and oxygen atoms in total. The zero-order chi connectivity index (χ0) is 19.4. The number of fused-ring (bicyclic) bond motifs is 1. The monoisotopic (exact) mass is 406 g/mol. The van der Waals surface area contributed by atoms with E-state index >= 15 is 0 Å². The Hall–Kier alpha value is -2.37. The van der Waals surface area contributed by atoms with Crippen molar-refractivity contribution in [1.29, 1.82) is 0 Å². The van der Waals surface area contributed by atoms with Crippen molar-refractivity contribution >= 4 is 40.0 Å². The fraction of sp³-hybridized carbons (Fsp3) is 0.200. The van der Waals surface area contributed by atoms with Gasteiger partial charge in [0.25, 0.3) is 5.91 Å². The van der Waals surface area contributed by atoms with Crippen molar-refractivity contribution < 1.29 is 13.9 Å². The van der Waals surface area contributed by atoms with Gasteiger partial charge in [-0.1, -0.05) is 35.3 Å². The molecule has 0 aliphatic heterocycles. The molecule has 0 fully saturated rings. The molecule has 0 atom stereocenters. The van der Waals surface area contributed by atoms with Crippen LogP contribution in [0.1, 0.15) is 11.3 Å². The smallest absolute Gasteiger partial charge is 0.257 e. The van der Waals surface area contributed by atoms with E-state index in [9.17, 15) is 9.18 Å². The summed E-state index contributed by atoms with van der Waals surface area (Å²) in [6, 6.07) is 11.4. The number of pyridine rings is 1. The van der Waals surface area contributed by atoms with Gasteiger partial charge >= 0.3 is 0 Å². The Morgan fingerprint density at radius 1 is 1.15 bits per heavy atom. The lowest BCUT2D eigenvalue weighted by Gasteiger charge is -2.12. The third-order valence-electron chi connectivity index (χ3n) is 3.97. The molecule has 27 heavy (non-hydrogen) atoms. The average molecular weight is 407 g/mol. The molecule has 1 aromatic heterocycles. The van der Waals surface area contributed by atoms with E-state index in [1.165, 1.54) is 12.1 Å². The van der Waals surface area contributed by atoms with E-state index in [1.54, 1.807) is 18.2 Å². The number of carbonyl (C=O) groups is 1. The molecule has 0 radical (unpaired) electrons. The molecule has 140 valence electrons. The number of nitrogens with zero attached hydrogens (tertiary/aromatic N) is 1. The number of ether oxygens (including phenoxy) is 1. The zero-order valence-corrected chi connectivity index (χ0v) is 16.1. The molecule has 1 N–H and O–H groups in total. The first-order valence-electron chi connectivity index (χ1n) is 8.33. The lowest BCUT2D eigenvalue weighted by molar-refractivity contribution is -0.123. The lowest BCUT2D eigenvalue weighted by Crippen LogP contribution is -2.30. The van der Waals surface area contributed by atoms with Crippen molar-refractivity contribution in [1.82, 2.24) is 10.3 Å². The Balaban J connectivity index is 1.61. The second kappa shape index (κ2) is 8.55. The van der Waals surface area contributed by atoms with Crippen LogP contribution in [0, 0.1) is 12.7 Å². The second-order valence-corrected chi connectivity index (χ2v) is 6.85. The van der Waals surface area contributed by atoms with E-state index in [2.05, 4.69) is 10.3 Å². The number of hydrogen-bond donors (Lipinski definition) is 1. The van der Waals surface area contributed by atoms with Crippen LogP contribution in [-0.2, 0) is 11.2 Å². The summed E-state index contributed by atoms with van der Waals surface area (Å²) in [7, 11) is 0. The van der Waals surface area contributed by atoms with Gasteiger partial charge in [0.05, 0.1) is 10.0 Å². The number of benzene rings is 2. The van der Waals surface area contributed by atoms with Gasteiger partial charge in [-0.3, -0.25) is 4.79 Å². The minimum atomic E-state index is -0.288. The molecule has 3 aromatic rings. The van der Waals surface area contributed by atoms with Crippen LogP contribution in [0.5, 0.6) is 5.75 Å². The van der Waals surface area contributed by atoms with E-state index in [0.29, 0.717) is 39.7 Å². The number of aromatic nitrogens is 1. The van der Waals surface area contributed by atoms with Gasteiger partial charge in [0.15, 0.2) is 12.4 Å². The van der Waals surface area contributed by atoms with Crippen LogP contribution in [0.15, 0.2) is 42.5 Å². The van der Waals surface area contributed by atoms with Crippen molar-refractivity contribution in [2.75, 3.05) is 13.2 Å². The van der Waals surface area contributed by atoms with Crippen molar-refractivity contribution in [3.8, 4) is 5.75 Å². The van der Waals surface area contributed by atoms with E-state index in [-0.39, 0.29) is 18.3 Å². The largest absolute Gasteiger partial charge is 0.480 e. The molecule has 0 aliphatic rings. The zero-order valence-electron chi connectivity index (χ0n) is 14.6. The Kier molecular flexibility index (Phi) is 6.14. The highest BCUT2D eigenvalue weighted by atomic mass is 35.5. The number of halogens is 3. The number of nitrogens with one attached hydrogen (secondary N) is 1. The van der Waals surface area contributed by atoms with Gasteiger partial charge in [-0.25, -0.2) is 9.37 Å². The van der Waals surface area contributed by atoms with E-state index in [0.717, 1.165) is 11.3 Å². The SMILES string of the molecule is Cc1ccc2c(Cl)cc(Cl)c(OCC(=O)NCCc3ccc(F)cc3)c2n1. The average Bonchev–Trinajstić information content (AvgIpc) is 2.63. The predicted molar refractivity (Wildman–Crippen MR) is 105 cm³/mol. The molecule has 0 unspecified atom stereocenters. The molecule has 0 bridgehead atoms. The van der Waals surface area contributed by atoms with Crippen LogP contribution in [0.25, 0.3) is 10.9 Å². The first-order valence-corrected chi connectivity index (χ1v) is 9.09. The molecular weight excluding hydrogens is 390 g/mol. The summed E-state index contributed by atoms with van der Waals surface area (Å²) in [6.45, 7) is 2.07. The summed E-state index contributed by atoms with van der Waals surface area (Å²) in [5.41, 5.74) is 2.24. The van der Waals surface area contributed by atoms with Crippen LogP contribution < -0.4 is 10.1 Å². The molecule has 1 amide bonds. The van der Waals surface area contributed by atoms with Crippen LogP contribution in [-0.4, -0.2) is 24.0 Å². The molecule has 1 heterocycles. The molecule has 0 spiro atoms. The highest BCUT2D eigenvalue weighted by molar-refractivity contribution is 6.39. The van der Waals surface area contributed by atoms with Crippen LogP contribution in [0.3, 0.4) is 0 Å². The van der Waals surface area contributed by atoms with Gasteiger partial charge in [-0.2, -0.15) is 0 Å². The fourth-order valence-electron chi connectivity index (χ4n) is 2.61. The molecular formula is C20H17Cl2FN2O2. The van der Waals surface area contributed by atoms with Crippen LogP contribution in [0.2, 0.25) is 10.0 Å². The number of amides is 1. The molecule has 0 saturated carbocycles. The highest BCUT2D eigenvalue weighted by Gasteiger charge is 2.14. The van der Waals surface area contributed by atoms with Gasteiger partial charge in [-0.05, 0) is 49.2 Å². The maximum atomic E-state index is 12.9. The van der Waals surface area contributed by atoms with Crippen LogP contribution >= 0.6 is 23.2 Å². The fourth-order valence-corrected chi connectivity index (χ4v) is 3.18. The third kappa shape index (κ3) is 4.87. The topological polar surface area (TPSA) is 51.2 Å². The number of carbonyl (C=O) groups excluding carboxylic acids is 1. The maximum Gasteiger partial charge on any atom is 0.257 e. The summed E-state index contributed by atoms with van der Waals surface area (Å²) < 4.78 is 18.5. The maximum absolute atomic E-state index is 12.9. The Labute approximate surface area is 166 Å². The molecule has 2 aromatic carbocycles. The quantitative estimate of drug-likeness (QED) is 0.643. The van der Waals surface area contributed by atoms with Crippen molar-refractivity contribution in [2.24, 2.45) is 0 Å². The Bertz CT molecular complexity index is 978. The van der Waals surface area contributed by atoms with Crippen molar-refractivity contribution in [3.63, 3.8) is 0 Å². The van der Waals surface area contributed by atoms with Crippen LogP contribution in [0.4, 0.5) is 4.39 Å². The van der Waals surface area contributed by atoms with Gasteiger partial charge in [0.2, 0.25) is 0 Å². The minimum Gasteiger partial charge on any atom is -0.480 e. The first-order chi connectivity index (χ1) is 12.9. The Morgan fingerprint density at radius 3 is 2.63 bits per heavy atom. The molecule has 0 saturated heterocycles. The summed E-state index contributed by atoms with van der Waals surface area (Å²) in [5, 5.41) is 4.23. The van der Waals surface area contributed by atoms with Crippen molar-refractivity contribution in [3.05, 3.63) is 69.6 Å². The summed E-state index contributed by atoms with van der Waals surface area (Å²) in [6.07, 6.45) is 0.595. The second-order valence-electron chi connectivity index (χ2n) is 6.03. The summed E-state index contributed by atoms with van der Waals surface area (Å²) in [4.78, 5) is 16.5. The highest BCUT2D eigenvalue weighted by Crippen LogP contribution is 2.37. The minimum absolute atomic E-state index is 0.199. The molecule has 3 rings (SSSR count). The lowest BCUT2D eigenvalue weighted by atomic mass is 10.1. The van der Waals surface area contributed by atoms with Gasteiger partial charge < -0.3 is 10.1 Å². The normalized spacial score (nSPS) is 10.8. The number of rotatable bonds is 6. The molecule has 0 aliphatic carbocycles. The number of aryl methyl sites for hydroxylation is 1. The van der Waals surface area contributed by atoms with E-state index in [4.69, 9.17) is 27.9 Å². The van der Waals surface area contributed by atoms with Gasteiger partial charge in [0, 0.05) is 17.6 Å². The Morgan fingerprint density at radius 2 is 1.89 bits per heavy atom. The third-order valence-corrected chi connectivity index (χ3v) is 4.57. The van der Waals surface area contributed by atoms with Crippen molar-refractivity contribution in [2.45, 2.75) is 13.3 Å². The first kappa shape index (κ1) is 19.4. The van der Waals surface area contributed by atoms with Gasteiger partial charge in [-0.15, -0.1) is 0 Å². The standard InChI is InChI=1S/C20H17Cl2FN2O2/c1-12-2-7-15-16(21)10-17(22)20(19(15)25-12)27-11-18(26)24-9-8-13-3-5-14(23)6-4-13/h2-7,10H,8-9,11H2,1H3,(H,24,26). The van der Waals surface area contributed by atoms with E-state index in [1.807, 2.05) is 19.1 Å².